The van der Waals surface area contributed by atoms with Gasteiger partial charge in [0.1, 0.15) is 0 Å². The Bertz CT molecular complexity index is 69.9. The van der Waals surface area contributed by atoms with Gasteiger partial charge < -0.3 is 0 Å². The minimum absolute atomic E-state index is 0. The average Bonchev–Trinajstić information content (AvgIpc) is 1.14. The molecule has 0 aliphatic rings. The second kappa shape index (κ2) is 3.72. The van der Waals surface area contributed by atoms with Gasteiger partial charge in [-0.15, -0.1) is 8.58 Å². The molecule has 0 aliphatic carbocycles. The van der Waals surface area contributed by atoms with Crippen molar-refractivity contribution in [2.24, 2.45) is 0 Å². The fourth-order valence-corrected chi connectivity index (χ4v) is 3.38. The lowest BCUT2D eigenvalue weighted by atomic mass is 10.2. The van der Waals surface area contributed by atoms with E-state index in [1.54, 1.807) is 0 Å². The van der Waals surface area contributed by atoms with E-state index in [1.165, 1.54) is 0 Å². The first-order valence-corrected chi connectivity index (χ1v) is 4.50. The molecule has 0 fully saturated rings. The Morgan fingerprint density at radius 2 is 0.900 bits per heavy atom. The molecule has 0 saturated heterocycles. The second-order valence-electron chi connectivity index (χ2n) is 4.62. The third kappa shape index (κ3) is 11.3. The van der Waals surface area contributed by atoms with Crippen LogP contribution in [0.25, 0.3) is 0 Å². The fourth-order valence-electron chi connectivity index (χ4n) is 1.12. The van der Waals surface area contributed by atoms with Crippen LogP contribution in [-0.2, 0) is 0 Å². The highest BCUT2D eigenvalue weighted by molar-refractivity contribution is 7.41. The quantitative estimate of drug-likeness (QED) is 0.474. The highest BCUT2D eigenvalue weighted by Crippen LogP contribution is 2.41. The third-order valence-electron chi connectivity index (χ3n) is 0.750. The van der Waals surface area contributed by atoms with E-state index in [1.807, 2.05) is 0 Å². The maximum absolute atomic E-state index is 2.30. The van der Waals surface area contributed by atoms with E-state index in [9.17, 15) is 0 Å². The first kappa shape index (κ1) is 13.1. The zero-order chi connectivity index (χ0) is 7.71. The van der Waals surface area contributed by atoms with Gasteiger partial charge in [-0.2, -0.15) is 0 Å². The molecule has 0 aliphatic heterocycles. The van der Waals surface area contributed by atoms with Crippen LogP contribution in [0, 0.1) is 0 Å². The van der Waals surface area contributed by atoms with Crippen molar-refractivity contribution in [3.8, 4) is 0 Å². The molecule has 0 rings (SSSR count). The van der Waals surface area contributed by atoms with Crippen molar-refractivity contribution in [2.75, 3.05) is 0 Å². The van der Waals surface area contributed by atoms with Crippen LogP contribution in [-0.4, -0.2) is 10.3 Å². The van der Waals surface area contributed by atoms with E-state index < -0.39 is 0 Å². The average molecular weight is 162 g/mol. The van der Waals surface area contributed by atoms with Crippen molar-refractivity contribution in [1.82, 2.24) is 0 Å². The topological polar surface area (TPSA) is 0 Å². The van der Waals surface area contributed by atoms with Crippen LogP contribution < -0.4 is 0 Å². The SMILES string of the molecule is C.CC(C)(C)PC(C)(C)C. The highest BCUT2D eigenvalue weighted by atomic mass is 31.1. The van der Waals surface area contributed by atoms with Gasteiger partial charge >= 0.3 is 0 Å². The highest BCUT2D eigenvalue weighted by Gasteiger charge is 2.19. The van der Waals surface area contributed by atoms with Gasteiger partial charge in [0.15, 0.2) is 0 Å². The summed E-state index contributed by atoms with van der Waals surface area (Å²) in [5.41, 5.74) is 0. The van der Waals surface area contributed by atoms with Crippen LogP contribution in [0.2, 0.25) is 0 Å². The van der Waals surface area contributed by atoms with Crippen LogP contribution in [0.1, 0.15) is 49.0 Å². The fraction of sp³-hybridized carbons (Fsp3) is 1.00. The van der Waals surface area contributed by atoms with Crippen LogP contribution >= 0.6 is 8.58 Å². The lowest BCUT2D eigenvalue weighted by Gasteiger charge is -2.28. The predicted molar refractivity (Wildman–Crippen MR) is 54.6 cm³/mol. The molecule has 0 spiro atoms. The summed E-state index contributed by atoms with van der Waals surface area (Å²) >= 11 is 0. The summed E-state index contributed by atoms with van der Waals surface area (Å²) in [4.78, 5) is 0. The molecule has 0 saturated carbocycles. The minimum Gasteiger partial charge on any atom is -0.111 e. The molecule has 0 aromatic rings. The first-order chi connectivity index (χ1) is 3.71. The van der Waals surface area contributed by atoms with Crippen molar-refractivity contribution < 1.29 is 0 Å². The van der Waals surface area contributed by atoms with Gasteiger partial charge in [-0.3, -0.25) is 0 Å². The Kier molecular flexibility index (Phi) is 4.85. The van der Waals surface area contributed by atoms with Gasteiger partial charge in [-0.25, -0.2) is 0 Å². The monoisotopic (exact) mass is 162 g/mol. The molecule has 0 bridgehead atoms. The molecule has 0 aromatic heterocycles. The Balaban J connectivity index is 0. The molecule has 0 amide bonds. The van der Waals surface area contributed by atoms with E-state index in [-0.39, 0.29) is 7.43 Å². The molecular weight excluding hydrogens is 139 g/mol. The summed E-state index contributed by atoms with van der Waals surface area (Å²) in [5.74, 6) is 0. The van der Waals surface area contributed by atoms with E-state index in [2.05, 4.69) is 41.5 Å². The van der Waals surface area contributed by atoms with Gasteiger partial charge in [-0.1, -0.05) is 49.0 Å². The standard InChI is InChI=1S/C8H19P.CH4/c1-7(2,3)9-8(4,5)6;/h9H,1-6H3;1H4. The molecule has 0 heterocycles. The zero-order valence-corrected chi connectivity index (χ0v) is 8.50. The van der Waals surface area contributed by atoms with E-state index in [0.717, 1.165) is 8.58 Å². The maximum atomic E-state index is 2.30. The van der Waals surface area contributed by atoms with Gasteiger partial charge in [0.25, 0.3) is 0 Å². The Labute approximate surface area is 68.6 Å². The van der Waals surface area contributed by atoms with Gasteiger partial charge in [-0.05, 0) is 10.3 Å². The smallest absolute Gasteiger partial charge is 0.0202 e. The summed E-state index contributed by atoms with van der Waals surface area (Å²) < 4.78 is 0. The molecule has 64 valence electrons. The van der Waals surface area contributed by atoms with Crippen molar-refractivity contribution in [3.63, 3.8) is 0 Å². The number of hydrogen-bond acceptors (Lipinski definition) is 0. The van der Waals surface area contributed by atoms with E-state index >= 15 is 0 Å². The van der Waals surface area contributed by atoms with Crippen molar-refractivity contribution in [2.45, 2.75) is 59.3 Å². The van der Waals surface area contributed by atoms with Crippen LogP contribution in [0.15, 0.2) is 0 Å². The summed E-state index contributed by atoms with van der Waals surface area (Å²) in [6.45, 7) is 13.8. The molecular formula is C9H23P. The summed E-state index contributed by atoms with van der Waals surface area (Å²) in [6.07, 6.45) is 0. The summed E-state index contributed by atoms with van der Waals surface area (Å²) in [5, 5.41) is 1.02. The molecule has 0 atom stereocenters. The normalized spacial score (nSPS) is 12.6. The second-order valence-corrected chi connectivity index (χ2v) is 7.88. The molecule has 0 unspecified atom stereocenters. The lowest BCUT2D eigenvalue weighted by Crippen LogP contribution is -2.16. The van der Waals surface area contributed by atoms with Gasteiger partial charge in [0.2, 0.25) is 0 Å². The van der Waals surface area contributed by atoms with Crippen molar-refractivity contribution in [3.05, 3.63) is 0 Å². The van der Waals surface area contributed by atoms with E-state index in [0.29, 0.717) is 10.3 Å². The molecule has 0 N–H and O–H groups in total. The maximum Gasteiger partial charge on any atom is -0.0202 e. The van der Waals surface area contributed by atoms with Crippen LogP contribution in [0.4, 0.5) is 0 Å². The molecule has 10 heavy (non-hydrogen) atoms. The molecule has 0 nitrogen and oxygen atoms in total. The predicted octanol–water partition coefficient (Wildman–Crippen LogP) is 3.90. The summed E-state index contributed by atoms with van der Waals surface area (Å²) in [6, 6.07) is 0. The first-order valence-electron chi connectivity index (χ1n) is 3.50. The zero-order valence-electron chi connectivity index (χ0n) is 7.50. The van der Waals surface area contributed by atoms with Gasteiger partial charge in [0, 0.05) is 0 Å². The van der Waals surface area contributed by atoms with Gasteiger partial charge in [0.05, 0.1) is 0 Å². The molecule has 0 aromatic carbocycles. The van der Waals surface area contributed by atoms with Crippen LogP contribution in [0.3, 0.4) is 0 Å². The van der Waals surface area contributed by atoms with Crippen molar-refractivity contribution >= 4 is 8.58 Å². The Morgan fingerprint density at radius 3 is 0.900 bits per heavy atom. The third-order valence-corrected chi connectivity index (χ3v) is 2.25. The Morgan fingerprint density at radius 1 is 0.700 bits per heavy atom. The summed E-state index contributed by atoms with van der Waals surface area (Å²) in [7, 11) is 1.05. The van der Waals surface area contributed by atoms with Crippen molar-refractivity contribution in [1.29, 1.82) is 0 Å². The molecule has 1 heteroatoms. The lowest BCUT2D eigenvalue weighted by molar-refractivity contribution is 0.725. The largest absolute Gasteiger partial charge is 0.111 e. The minimum atomic E-state index is 0. The van der Waals surface area contributed by atoms with E-state index in [4.69, 9.17) is 0 Å². The number of hydrogen-bond donors (Lipinski definition) is 0. The van der Waals surface area contributed by atoms with Crippen LogP contribution in [0.5, 0.6) is 0 Å². The Hall–Kier alpha value is 0.430. The molecule has 0 radical (unpaired) electrons. The number of rotatable bonds is 0.